The van der Waals surface area contributed by atoms with Crippen molar-refractivity contribution in [3.63, 3.8) is 0 Å². The van der Waals surface area contributed by atoms with Gasteiger partial charge in [0.1, 0.15) is 5.56 Å². The first-order valence-corrected chi connectivity index (χ1v) is 6.12. The van der Waals surface area contributed by atoms with Crippen LogP contribution in [0.5, 0.6) is 0 Å². The zero-order valence-corrected chi connectivity index (χ0v) is 11.6. The highest BCUT2D eigenvalue weighted by atomic mass is 35.5. The van der Waals surface area contributed by atoms with Gasteiger partial charge in [-0.1, -0.05) is 29.3 Å². The van der Waals surface area contributed by atoms with Gasteiger partial charge in [0, 0.05) is 21.8 Å². The Morgan fingerprint density at radius 1 is 1.42 bits per heavy atom. The molecule has 0 amide bonds. The number of carbonyl (C=O) groups excluding carboxylic acids is 1. The van der Waals surface area contributed by atoms with Gasteiger partial charge in [-0.25, -0.2) is 4.79 Å². The first-order valence-electron chi connectivity index (χ1n) is 5.37. The Bertz CT molecular complexity index is 605. The van der Waals surface area contributed by atoms with Crippen molar-refractivity contribution in [3.8, 4) is 0 Å². The van der Waals surface area contributed by atoms with Crippen molar-refractivity contribution >= 4 is 35.0 Å². The third kappa shape index (κ3) is 2.83. The Kier molecular flexibility index (Phi) is 3.97. The number of carbonyl (C=O) groups is 1. The van der Waals surface area contributed by atoms with Crippen LogP contribution in [0.1, 0.15) is 15.9 Å². The fourth-order valence-electron chi connectivity index (χ4n) is 1.63. The number of nitrogen functional groups attached to an aromatic ring is 1. The van der Waals surface area contributed by atoms with E-state index in [2.05, 4.69) is 9.84 Å². The number of nitrogens with two attached hydrogens (primary N) is 1. The quantitative estimate of drug-likeness (QED) is 0.885. The first kappa shape index (κ1) is 13.7. The average Bonchev–Trinajstić information content (AvgIpc) is 2.74. The van der Waals surface area contributed by atoms with Crippen LogP contribution in [0.4, 0.5) is 5.82 Å². The predicted molar refractivity (Wildman–Crippen MR) is 73.5 cm³/mol. The minimum absolute atomic E-state index is 0.107. The summed E-state index contributed by atoms with van der Waals surface area (Å²) in [6, 6.07) is 5.22. The van der Waals surface area contributed by atoms with E-state index in [-0.39, 0.29) is 11.4 Å². The minimum atomic E-state index is -0.533. The van der Waals surface area contributed by atoms with E-state index < -0.39 is 5.97 Å². The summed E-state index contributed by atoms with van der Waals surface area (Å²) in [5.41, 5.74) is 6.58. The normalized spacial score (nSPS) is 10.5. The summed E-state index contributed by atoms with van der Waals surface area (Å²) >= 11 is 12.1. The summed E-state index contributed by atoms with van der Waals surface area (Å²) in [5.74, 6) is -0.427. The van der Waals surface area contributed by atoms with Gasteiger partial charge in [0.25, 0.3) is 0 Å². The van der Waals surface area contributed by atoms with Gasteiger partial charge in [0.2, 0.25) is 0 Å². The number of hydrogen-bond donors (Lipinski definition) is 1. The van der Waals surface area contributed by atoms with Gasteiger partial charge in [-0.2, -0.15) is 5.10 Å². The van der Waals surface area contributed by atoms with Crippen LogP contribution in [-0.2, 0) is 11.3 Å². The Balaban J connectivity index is 2.32. The van der Waals surface area contributed by atoms with Crippen LogP contribution in [0.25, 0.3) is 0 Å². The molecular weight excluding hydrogens is 289 g/mol. The highest BCUT2D eigenvalue weighted by Crippen LogP contribution is 2.25. The molecule has 0 aliphatic heterocycles. The van der Waals surface area contributed by atoms with Crippen LogP contribution in [-0.4, -0.2) is 22.9 Å². The Labute approximate surface area is 119 Å². The van der Waals surface area contributed by atoms with E-state index in [0.29, 0.717) is 22.2 Å². The summed E-state index contributed by atoms with van der Waals surface area (Å²) in [6.07, 6.45) is 1.50. The number of aromatic nitrogens is 2. The summed E-state index contributed by atoms with van der Waals surface area (Å²) in [6.45, 7) is 0.319. The fraction of sp³-hybridized carbons (Fsp3) is 0.167. The van der Waals surface area contributed by atoms with Crippen LogP contribution >= 0.6 is 23.2 Å². The standard InChI is InChI=1S/C12H11Cl2N3O2/c1-19-12(18)8-6-17(16-11(8)15)5-7-9(13)3-2-4-10(7)14/h2-4,6H,5H2,1H3,(H2,15,16). The van der Waals surface area contributed by atoms with E-state index in [1.807, 2.05) is 0 Å². The van der Waals surface area contributed by atoms with Crippen LogP contribution < -0.4 is 5.73 Å². The molecule has 0 atom stereocenters. The number of esters is 1. The molecule has 2 N–H and O–H groups in total. The highest BCUT2D eigenvalue weighted by molar-refractivity contribution is 6.35. The lowest BCUT2D eigenvalue weighted by molar-refractivity contribution is 0.0602. The maximum absolute atomic E-state index is 11.4. The number of ether oxygens (including phenoxy) is 1. The number of hydrogen-bond acceptors (Lipinski definition) is 4. The molecule has 0 unspecified atom stereocenters. The third-order valence-corrected chi connectivity index (χ3v) is 3.29. The maximum atomic E-state index is 11.4. The van der Waals surface area contributed by atoms with Gasteiger partial charge in [0.05, 0.1) is 13.7 Å². The van der Waals surface area contributed by atoms with Crippen molar-refractivity contribution < 1.29 is 9.53 Å². The Morgan fingerprint density at radius 2 is 2.05 bits per heavy atom. The molecule has 0 aliphatic carbocycles. The lowest BCUT2D eigenvalue weighted by Gasteiger charge is -2.06. The fourth-order valence-corrected chi connectivity index (χ4v) is 2.15. The number of anilines is 1. The summed E-state index contributed by atoms with van der Waals surface area (Å²) in [4.78, 5) is 11.4. The van der Waals surface area contributed by atoms with Crippen molar-refractivity contribution in [1.29, 1.82) is 0 Å². The number of rotatable bonds is 3. The van der Waals surface area contributed by atoms with E-state index in [9.17, 15) is 4.79 Å². The van der Waals surface area contributed by atoms with Crippen LogP contribution in [0, 0.1) is 0 Å². The van der Waals surface area contributed by atoms with Crippen LogP contribution in [0.3, 0.4) is 0 Å². The van der Waals surface area contributed by atoms with Gasteiger partial charge in [-0.05, 0) is 12.1 Å². The molecule has 2 rings (SSSR count). The molecule has 0 aliphatic rings. The van der Waals surface area contributed by atoms with E-state index in [4.69, 9.17) is 28.9 Å². The minimum Gasteiger partial charge on any atom is -0.465 e. The Hall–Kier alpha value is -1.72. The molecule has 1 aromatic heterocycles. The molecule has 0 bridgehead atoms. The molecule has 19 heavy (non-hydrogen) atoms. The topological polar surface area (TPSA) is 70.1 Å². The van der Waals surface area contributed by atoms with E-state index >= 15 is 0 Å². The van der Waals surface area contributed by atoms with Crippen molar-refractivity contribution in [1.82, 2.24) is 9.78 Å². The zero-order valence-electron chi connectivity index (χ0n) is 10.1. The molecule has 0 fully saturated rings. The van der Waals surface area contributed by atoms with Gasteiger partial charge in [-0.15, -0.1) is 0 Å². The molecule has 7 heteroatoms. The number of benzene rings is 1. The molecule has 0 saturated heterocycles. The molecule has 1 aromatic carbocycles. The van der Waals surface area contributed by atoms with Crippen molar-refractivity contribution in [2.45, 2.75) is 6.54 Å². The second-order valence-corrected chi connectivity index (χ2v) is 4.63. The smallest absolute Gasteiger partial charge is 0.343 e. The van der Waals surface area contributed by atoms with Crippen LogP contribution in [0.15, 0.2) is 24.4 Å². The molecule has 100 valence electrons. The summed E-state index contributed by atoms with van der Waals surface area (Å²) < 4.78 is 6.10. The molecule has 0 saturated carbocycles. The maximum Gasteiger partial charge on any atom is 0.343 e. The van der Waals surface area contributed by atoms with Crippen LogP contribution in [0.2, 0.25) is 10.0 Å². The summed E-state index contributed by atoms with van der Waals surface area (Å²) in [5, 5.41) is 5.09. The number of halogens is 2. The third-order valence-electron chi connectivity index (χ3n) is 2.58. The predicted octanol–water partition coefficient (Wildman–Crippen LogP) is 2.61. The zero-order chi connectivity index (χ0) is 14.0. The summed E-state index contributed by atoms with van der Waals surface area (Å²) in [7, 11) is 1.28. The molecule has 1 heterocycles. The first-order chi connectivity index (χ1) is 9.02. The van der Waals surface area contributed by atoms with Crippen molar-refractivity contribution in [2.75, 3.05) is 12.8 Å². The lowest BCUT2D eigenvalue weighted by atomic mass is 10.2. The van der Waals surface area contributed by atoms with Gasteiger partial charge >= 0.3 is 5.97 Å². The second kappa shape index (κ2) is 5.50. The molecule has 2 aromatic rings. The molecule has 5 nitrogen and oxygen atoms in total. The van der Waals surface area contributed by atoms with Crippen molar-refractivity contribution in [2.24, 2.45) is 0 Å². The lowest BCUT2D eigenvalue weighted by Crippen LogP contribution is -2.03. The highest BCUT2D eigenvalue weighted by Gasteiger charge is 2.15. The Morgan fingerprint density at radius 3 is 2.63 bits per heavy atom. The van der Waals surface area contributed by atoms with Crippen molar-refractivity contribution in [3.05, 3.63) is 45.6 Å². The number of nitrogens with zero attached hydrogens (tertiary/aromatic N) is 2. The van der Waals surface area contributed by atoms with E-state index in [1.54, 1.807) is 18.2 Å². The molecule has 0 radical (unpaired) electrons. The molecule has 0 spiro atoms. The second-order valence-electron chi connectivity index (χ2n) is 3.82. The van der Waals surface area contributed by atoms with E-state index in [1.165, 1.54) is 18.0 Å². The average molecular weight is 300 g/mol. The van der Waals surface area contributed by atoms with Gasteiger partial charge in [0.15, 0.2) is 5.82 Å². The molecular formula is C12H11Cl2N3O2. The largest absolute Gasteiger partial charge is 0.465 e. The van der Waals surface area contributed by atoms with E-state index in [0.717, 1.165) is 0 Å². The SMILES string of the molecule is COC(=O)c1cn(Cc2c(Cl)cccc2Cl)nc1N. The van der Waals surface area contributed by atoms with Gasteiger partial charge < -0.3 is 10.5 Å². The monoisotopic (exact) mass is 299 g/mol. The van der Waals surface area contributed by atoms with Gasteiger partial charge in [-0.3, -0.25) is 4.68 Å². The number of methoxy groups -OCH3 is 1.